The van der Waals surface area contributed by atoms with Crippen LogP contribution in [0.15, 0.2) is 219 Å². The molecule has 0 N–H and O–H groups in total. The molecule has 0 bridgehead atoms. The van der Waals surface area contributed by atoms with Crippen LogP contribution in [0.25, 0.3) is 103 Å². The van der Waals surface area contributed by atoms with E-state index in [0.717, 1.165) is 0 Å². The fraction of sp³-hybridized carbons (Fsp3) is 0.0328. The van der Waals surface area contributed by atoms with E-state index in [1.165, 1.54) is 126 Å². The maximum absolute atomic E-state index is 4.25. The number of hydrogen-bond donors (Lipinski definition) is 0. The first kappa shape index (κ1) is 35.7. The molecule has 1 atom stereocenters. The third kappa shape index (κ3) is 5.48. The maximum Gasteiger partial charge on any atom is 0.0732 e. The Kier molecular flexibility index (Phi) is 7.92. The van der Waals surface area contributed by atoms with Gasteiger partial charge in [-0.2, -0.15) is 0 Å². The summed E-state index contributed by atoms with van der Waals surface area (Å²) in [7, 11) is 2.27. The van der Waals surface area contributed by atoms with Crippen LogP contribution in [0.5, 0.6) is 0 Å². The van der Waals surface area contributed by atoms with Crippen molar-refractivity contribution in [1.29, 1.82) is 0 Å². The van der Waals surface area contributed by atoms with Gasteiger partial charge < -0.3 is 4.90 Å². The lowest BCUT2D eigenvalue weighted by Gasteiger charge is -2.37. The first-order valence-corrected chi connectivity index (χ1v) is 21.9. The Labute approximate surface area is 365 Å². The highest BCUT2D eigenvalue weighted by Crippen LogP contribution is 2.50. The topological polar surface area (TPSA) is 16.1 Å². The number of anilines is 1. The quantitative estimate of drug-likeness (QED) is 0.165. The van der Waals surface area contributed by atoms with Crippen molar-refractivity contribution < 1.29 is 0 Å². The third-order valence-corrected chi connectivity index (χ3v) is 13.8. The summed E-state index contributed by atoms with van der Waals surface area (Å²) in [6.07, 6.45) is 6.23. The number of hydrogen-bond acceptors (Lipinski definition) is 2. The molecule has 0 saturated carbocycles. The molecule has 1 unspecified atom stereocenters. The molecular formula is C61H40N2. The monoisotopic (exact) mass is 800 g/mol. The molecule has 0 fully saturated rings. The second-order valence-corrected chi connectivity index (χ2v) is 17.1. The zero-order valence-electron chi connectivity index (χ0n) is 34.8. The second kappa shape index (κ2) is 14.0. The Bertz CT molecular complexity index is 3790. The number of likely N-dealkylation sites (N-methyl/N-ethyl adjacent to an activating group) is 1. The summed E-state index contributed by atoms with van der Waals surface area (Å²) in [6.45, 7) is 0. The molecule has 2 nitrogen and oxygen atoms in total. The van der Waals surface area contributed by atoms with Gasteiger partial charge in [-0.05, 0) is 145 Å². The van der Waals surface area contributed by atoms with Crippen molar-refractivity contribution in [3.63, 3.8) is 0 Å². The molecule has 63 heavy (non-hydrogen) atoms. The molecule has 12 aromatic rings. The molecule has 1 aliphatic heterocycles. The van der Waals surface area contributed by atoms with Gasteiger partial charge in [-0.1, -0.05) is 170 Å². The summed E-state index contributed by atoms with van der Waals surface area (Å²) < 4.78 is 0. The SMILES string of the molecule is CN1c2c(cc(-c3ccc4c5ccccc5c5ccccc5c4c3)c3ccccc23)C(c2ccc3c4ccccc4c4ccccc4c3c2)=CC1c1ccc(-c2ccncc2)cc1. The Morgan fingerprint density at radius 2 is 0.730 bits per heavy atom. The van der Waals surface area contributed by atoms with E-state index < -0.39 is 0 Å². The Balaban J connectivity index is 1.07. The Morgan fingerprint density at radius 1 is 0.333 bits per heavy atom. The van der Waals surface area contributed by atoms with Gasteiger partial charge in [0, 0.05) is 30.4 Å². The molecule has 294 valence electrons. The van der Waals surface area contributed by atoms with Gasteiger partial charge in [-0.15, -0.1) is 0 Å². The Hall–Kier alpha value is -8.07. The summed E-state index contributed by atoms with van der Waals surface area (Å²) in [5, 5.41) is 17.9. The van der Waals surface area contributed by atoms with Gasteiger partial charge >= 0.3 is 0 Å². The van der Waals surface area contributed by atoms with E-state index in [1.54, 1.807) is 0 Å². The van der Waals surface area contributed by atoms with Gasteiger partial charge in [0.1, 0.15) is 0 Å². The Morgan fingerprint density at radius 3 is 1.25 bits per heavy atom. The van der Waals surface area contributed by atoms with Gasteiger partial charge in [-0.25, -0.2) is 0 Å². The average molecular weight is 801 g/mol. The van der Waals surface area contributed by atoms with Crippen molar-refractivity contribution in [3.05, 3.63) is 235 Å². The molecule has 0 saturated heterocycles. The minimum Gasteiger partial charge on any atom is -0.363 e. The lowest BCUT2D eigenvalue weighted by Crippen LogP contribution is -2.27. The zero-order chi connectivity index (χ0) is 41.6. The number of aromatic nitrogens is 1. The summed E-state index contributed by atoms with van der Waals surface area (Å²) in [5.41, 5.74) is 11.0. The van der Waals surface area contributed by atoms with Crippen LogP contribution in [0, 0.1) is 0 Å². The first-order chi connectivity index (χ1) is 31.2. The van der Waals surface area contributed by atoms with Crippen LogP contribution in [-0.4, -0.2) is 12.0 Å². The van der Waals surface area contributed by atoms with Crippen LogP contribution in [0.2, 0.25) is 0 Å². The fourth-order valence-electron chi connectivity index (χ4n) is 10.8. The molecule has 1 aliphatic rings. The fourth-order valence-corrected chi connectivity index (χ4v) is 10.8. The van der Waals surface area contributed by atoms with E-state index in [4.69, 9.17) is 0 Å². The highest BCUT2D eigenvalue weighted by molar-refractivity contribution is 6.27. The van der Waals surface area contributed by atoms with Crippen LogP contribution in [-0.2, 0) is 0 Å². The van der Waals surface area contributed by atoms with Crippen molar-refractivity contribution >= 4 is 86.7 Å². The van der Waals surface area contributed by atoms with Gasteiger partial charge in [0.25, 0.3) is 0 Å². The number of rotatable bonds is 4. The van der Waals surface area contributed by atoms with Gasteiger partial charge in [0.05, 0.1) is 11.7 Å². The van der Waals surface area contributed by atoms with E-state index in [1.807, 2.05) is 12.4 Å². The standard InChI is InChI=1S/C61H40N2/c1-63-60(40-24-22-38(23-25-40)39-30-32-62-33-31-39)37-56(42-27-29-53-48-17-5-3-13-44(48)46-15-7-9-19-50(46)58(53)35-42)59-36-55(51-20-10-11-21-54(51)61(59)63)41-26-28-52-47-16-4-2-12-43(47)45-14-6-8-18-49(45)57(52)34-41/h2-37,60H,1H3. The number of pyridine rings is 1. The molecule has 0 amide bonds. The van der Waals surface area contributed by atoms with Gasteiger partial charge in [0.15, 0.2) is 0 Å². The molecule has 2 heteroatoms. The lowest BCUT2D eigenvalue weighted by molar-refractivity contribution is 0.805. The minimum atomic E-state index is -0.00222. The van der Waals surface area contributed by atoms with Crippen LogP contribution < -0.4 is 4.90 Å². The molecule has 0 spiro atoms. The highest BCUT2D eigenvalue weighted by Gasteiger charge is 2.30. The van der Waals surface area contributed by atoms with Crippen LogP contribution >= 0.6 is 0 Å². The van der Waals surface area contributed by atoms with Crippen LogP contribution in [0.3, 0.4) is 0 Å². The highest BCUT2D eigenvalue weighted by atomic mass is 15.1. The summed E-state index contributed by atoms with van der Waals surface area (Å²) in [4.78, 5) is 6.75. The first-order valence-electron chi connectivity index (χ1n) is 21.9. The van der Waals surface area contributed by atoms with E-state index >= 15 is 0 Å². The van der Waals surface area contributed by atoms with Crippen molar-refractivity contribution in [2.45, 2.75) is 6.04 Å². The summed E-state index contributed by atoms with van der Waals surface area (Å²) >= 11 is 0. The smallest absolute Gasteiger partial charge is 0.0732 e. The predicted molar refractivity (Wildman–Crippen MR) is 269 cm³/mol. The van der Waals surface area contributed by atoms with Crippen molar-refractivity contribution in [2.24, 2.45) is 0 Å². The largest absolute Gasteiger partial charge is 0.363 e. The summed E-state index contributed by atoms with van der Waals surface area (Å²) in [5.74, 6) is 0. The van der Waals surface area contributed by atoms with Gasteiger partial charge in [-0.3, -0.25) is 4.98 Å². The maximum atomic E-state index is 4.25. The van der Waals surface area contributed by atoms with Crippen molar-refractivity contribution in [2.75, 3.05) is 11.9 Å². The van der Waals surface area contributed by atoms with Crippen LogP contribution in [0.4, 0.5) is 5.69 Å². The van der Waals surface area contributed by atoms with Crippen molar-refractivity contribution in [1.82, 2.24) is 4.98 Å². The van der Waals surface area contributed by atoms with E-state index in [9.17, 15) is 0 Å². The van der Waals surface area contributed by atoms with E-state index in [0.29, 0.717) is 0 Å². The van der Waals surface area contributed by atoms with E-state index in [-0.39, 0.29) is 6.04 Å². The number of fused-ring (bicyclic) bond motifs is 15. The van der Waals surface area contributed by atoms with Crippen LogP contribution in [0.1, 0.15) is 22.7 Å². The third-order valence-electron chi connectivity index (χ3n) is 13.8. The average Bonchev–Trinajstić information content (AvgIpc) is 3.36. The number of nitrogens with zero attached hydrogens (tertiary/aromatic N) is 2. The molecular weight excluding hydrogens is 761 g/mol. The number of benzene rings is 11. The predicted octanol–water partition coefficient (Wildman–Crippen LogP) is 16.1. The molecule has 0 aliphatic carbocycles. The zero-order valence-corrected chi connectivity index (χ0v) is 34.8. The lowest BCUT2D eigenvalue weighted by atomic mass is 9.82. The summed E-state index contributed by atoms with van der Waals surface area (Å²) in [6, 6.07) is 74.5. The molecule has 11 aromatic carbocycles. The molecule has 1 aromatic heterocycles. The molecule has 2 heterocycles. The van der Waals surface area contributed by atoms with Crippen molar-refractivity contribution in [3.8, 4) is 22.3 Å². The molecule has 0 radical (unpaired) electrons. The normalized spacial score (nSPS) is 14.0. The second-order valence-electron chi connectivity index (χ2n) is 17.1. The molecule has 13 rings (SSSR count). The van der Waals surface area contributed by atoms with Gasteiger partial charge in [0.2, 0.25) is 0 Å². The minimum absolute atomic E-state index is 0.00222. The van der Waals surface area contributed by atoms with E-state index in [2.05, 4.69) is 223 Å².